The van der Waals surface area contributed by atoms with Crippen molar-refractivity contribution >= 4 is 5.57 Å². The Morgan fingerprint density at radius 1 is 1.48 bits per heavy atom. The summed E-state index contributed by atoms with van der Waals surface area (Å²) in [5.74, 6) is -4.98. The van der Waals surface area contributed by atoms with Gasteiger partial charge < -0.3 is 20.3 Å². The molecule has 6 nitrogen and oxygen atoms in total. The minimum atomic E-state index is -3.84. The average Bonchev–Trinajstić information content (AvgIpc) is 2.95. The van der Waals surface area contributed by atoms with Crippen LogP contribution in [0.1, 0.15) is 17.7 Å². The first-order valence-corrected chi connectivity index (χ1v) is 6.49. The van der Waals surface area contributed by atoms with E-state index in [4.69, 9.17) is 5.11 Å². The van der Waals surface area contributed by atoms with Crippen LogP contribution >= 0.6 is 0 Å². The molecule has 0 aliphatic heterocycles. The van der Waals surface area contributed by atoms with Crippen LogP contribution in [0.25, 0.3) is 5.57 Å². The number of fused-ring (bicyclic) bond motifs is 1. The lowest BCUT2D eigenvalue weighted by atomic mass is 9.87. The van der Waals surface area contributed by atoms with Crippen molar-refractivity contribution in [2.45, 2.75) is 30.5 Å². The SMILES string of the molecule is O=c1[nH]cnc2c1CC=C2[C@@]1(O)CC(CO)[C@@H](O)C1(F)F. The van der Waals surface area contributed by atoms with E-state index in [0.717, 1.165) is 6.33 Å². The molecule has 1 unspecified atom stereocenters. The zero-order chi connectivity index (χ0) is 15.4. The van der Waals surface area contributed by atoms with Gasteiger partial charge in [-0.05, 0) is 12.8 Å². The highest BCUT2D eigenvalue weighted by Gasteiger charge is 2.68. The van der Waals surface area contributed by atoms with Crippen molar-refractivity contribution in [1.82, 2.24) is 9.97 Å². The van der Waals surface area contributed by atoms with Crippen molar-refractivity contribution in [2.75, 3.05) is 6.61 Å². The highest BCUT2D eigenvalue weighted by Crippen LogP contribution is 2.54. The van der Waals surface area contributed by atoms with Gasteiger partial charge in [-0.15, -0.1) is 0 Å². The number of aromatic nitrogens is 2. The molecule has 0 radical (unpaired) electrons. The number of nitrogens with one attached hydrogen (secondary N) is 1. The van der Waals surface area contributed by atoms with Crippen molar-refractivity contribution in [2.24, 2.45) is 5.92 Å². The summed E-state index contributed by atoms with van der Waals surface area (Å²) in [6.07, 6.45) is -0.160. The summed E-state index contributed by atoms with van der Waals surface area (Å²) in [7, 11) is 0. The largest absolute Gasteiger partial charge is 0.396 e. The number of H-pyrrole nitrogens is 1. The topological polar surface area (TPSA) is 106 Å². The average molecular weight is 300 g/mol. The molecule has 0 amide bonds. The van der Waals surface area contributed by atoms with Gasteiger partial charge in [-0.1, -0.05) is 6.08 Å². The maximum absolute atomic E-state index is 14.3. The Hall–Kier alpha value is -1.64. The molecule has 2 aliphatic carbocycles. The zero-order valence-electron chi connectivity index (χ0n) is 10.9. The fourth-order valence-electron chi connectivity index (χ4n) is 3.14. The summed E-state index contributed by atoms with van der Waals surface area (Å²) in [5.41, 5.74) is -3.03. The molecule has 1 saturated carbocycles. The summed E-state index contributed by atoms with van der Waals surface area (Å²) in [4.78, 5) is 17.9. The molecule has 1 fully saturated rings. The van der Waals surface area contributed by atoms with Gasteiger partial charge in [-0.2, -0.15) is 0 Å². The van der Waals surface area contributed by atoms with Gasteiger partial charge in [0.15, 0.2) is 5.60 Å². The Bertz CT molecular complexity index is 672. The van der Waals surface area contributed by atoms with E-state index in [2.05, 4.69) is 9.97 Å². The van der Waals surface area contributed by atoms with Crippen LogP contribution in [0, 0.1) is 5.92 Å². The van der Waals surface area contributed by atoms with Crippen LogP contribution in [-0.2, 0) is 6.42 Å². The number of aromatic amines is 1. The second kappa shape index (κ2) is 4.43. The number of rotatable bonds is 2. The van der Waals surface area contributed by atoms with E-state index < -0.39 is 42.1 Å². The maximum Gasteiger partial charge on any atom is 0.305 e. The van der Waals surface area contributed by atoms with Crippen molar-refractivity contribution in [3.05, 3.63) is 34.0 Å². The van der Waals surface area contributed by atoms with Crippen LogP contribution in [0.2, 0.25) is 0 Å². The van der Waals surface area contributed by atoms with Crippen molar-refractivity contribution in [3.63, 3.8) is 0 Å². The van der Waals surface area contributed by atoms with Crippen molar-refractivity contribution in [3.8, 4) is 0 Å². The van der Waals surface area contributed by atoms with Gasteiger partial charge in [0.05, 0.1) is 12.0 Å². The highest BCUT2D eigenvalue weighted by molar-refractivity contribution is 5.77. The van der Waals surface area contributed by atoms with Gasteiger partial charge in [0, 0.05) is 23.7 Å². The molecule has 21 heavy (non-hydrogen) atoms. The third-order valence-corrected chi connectivity index (χ3v) is 4.32. The number of aliphatic hydroxyl groups excluding tert-OH is 2. The summed E-state index contributed by atoms with van der Waals surface area (Å²) in [6.45, 7) is -0.665. The van der Waals surface area contributed by atoms with E-state index in [1.165, 1.54) is 6.08 Å². The first-order chi connectivity index (χ1) is 9.83. The zero-order valence-corrected chi connectivity index (χ0v) is 10.9. The molecule has 0 spiro atoms. The normalized spacial score (nSPS) is 33.9. The molecular weight excluding hydrogens is 286 g/mol. The Morgan fingerprint density at radius 2 is 2.19 bits per heavy atom. The second-order valence-electron chi connectivity index (χ2n) is 5.46. The quantitative estimate of drug-likeness (QED) is 0.586. The van der Waals surface area contributed by atoms with E-state index in [9.17, 15) is 23.8 Å². The van der Waals surface area contributed by atoms with E-state index in [1.807, 2.05) is 0 Å². The van der Waals surface area contributed by atoms with Crippen LogP contribution in [0.15, 0.2) is 17.2 Å². The monoisotopic (exact) mass is 300 g/mol. The smallest absolute Gasteiger partial charge is 0.305 e. The summed E-state index contributed by atoms with van der Waals surface area (Å²) in [6, 6.07) is 0. The molecule has 1 aromatic rings. The van der Waals surface area contributed by atoms with Crippen LogP contribution in [0.3, 0.4) is 0 Å². The lowest BCUT2D eigenvalue weighted by Crippen LogP contribution is -2.49. The van der Waals surface area contributed by atoms with Gasteiger partial charge >= 0.3 is 5.92 Å². The van der Waals surface area contributed by atoms with E-state index >= 15 is 0 Å². The standard InChI is InChI=1S/C13H14F2N2O4/c14-13(15)10(19)6(4-18)3-12(13,21)8-2-1-7-9(8)16-5-17-11(7)20/h2,5-6,10,18-19,21H,1,3-4H2,(H,16,17,20)/t6?,10-,12+/m1/s1. The first kappa shape index (κ1) is 14.3. The van der Waals surface area contributed by atoms with Crippen LogP contribution in [0.4, 0.5) is 8.78 Å². The molecule has 1 aromatic heterocycles. The predicted octanol–water partition coefficient (Wildman–Crippen LogP) is -0.551. The molecule has 8 heteroatoms. The molecule has 4 N–H and O–H groups in total. The van der Waals surface area contributed by atoms with Crippen molar-refractivity contribution in [1.29, 1.82) is 0 Å². The lowest BCUT2D eigenvalue weighted by Gasteiger charge is -2.32. The fourth-order valence-corrected chi connectivity index (χ4v) is 3.14. The minimum absolute atomic E-state index is 0.0201. The number of allylic oxidation sites excluding steroid dienone is 1. The first-order valence-electron chi connectivity index (χ1n) is 6.49. The van der Waals surface area contributed by atoms with Crippen LogP contribution < -0.4 is 5.56 Å². The van der Waals surface area contributed by atoms with Gasteiger partial charge in [-0.3, -0.25) is 4.79 Å². The summed E-state index contributed by atoms with van der Waals surface area (Å²) >= 11 is 0. The molecule has 3 rings (SSSR count). The van der Waals surface area contributed by atoms with E-state index in [-0.39, 0.29) is 23.3 Å². The van der Waals surface area contributed by atoms with Crippen molar-refractivity contribution < 1.29 is 24.1 Å². The van der Waals surface area contributed by atoms with Crippen LogP contribution in [-0.4, -0.2) is 49.5 Å². The maximum atomic E-state index is 14.3. The number of nitrogens with zero attached hydrogens (tertiary/aromatic N) is 1. The van der Waals surface area contributed by atoms with E-state index in [0.29, 0.717) is 0 Å². The molecule has 0 saturated heterocycles. The molecule has 0 aromatic carbocycles. The van der Waals surface area contributed by atoms with E-state index in [1.54, 1.807) is 0 Å². The van der Waals surface area contributed by atoms with Gasteiger partial charge in [0.2, 0.25) is 0 Å². The molecular formula is C13H14F2N2O4. The number of hydrogen-bond donors (Lipinski definition) is 4. The number of halogens is 2. The third-order valence-electron chi connectivity index (χ3n) is 4.32. The lowest BCUT2D eigenvalue weighted by molar-refractivity contribution is -0.176. The minimum Gasteiger partial charge on any atom is -0.396 e. The second-order valence-corrected chi connectivity index (χ2v) is 5.46. The van der Waals surface area contributed by atoms with Gasteiger partial charge in [0.1, 0.15) is 6.10 Å². The molecule has 0 bridgehead atoms. The Balaban J connectivity index is 2.10. The number of hydrogen-bond acceptors (Lipinski definition) is 5. The molecule has 114 valence electrons. The Labute approximate surface area is 117 Å². The number of alkyl halides is 2. The molecule has 2 aliphatic rings. The highest BCUT2D eigenvalue weighted by atomic mass is 19.3. The van der Waals surface area contributed by atoms with Crippen LogP contribution in [0.5, 0.6) is 0 Å². The molecule has 1 heterocycles. The third kappa shape index (κ3) is 1.73. The Morgan fingerprint density at radius 3 is 2.81 bits per heavy atom. The summed E-state index contributed by atoms with van der Waals surface area (Å²) in [5, 5.41) is 29.2. The summed E-state index contributed by atoms with van der Waals surface area (Å²) < 4.78 is 28.6. The number of aliphatic hydroxyl groups is 3. The van der Waals surface area contributed by atoms with Gasteiger partial charge in [-0.25, -0.2) is 13.8 Å². The fraction of sp³-hybridized carbons (Fsp3) is 0.538. The molecule has 3 atom stereocenters. The Kier molecular flexibility index (Phi) is 3.01. The van der Waals surface area contributed by atoms with Gasteiger partial charge in [0.25, 0.3) is 5.56 Å². The predicted molar refractivity (Wildman–Crippen MR) is 67.6 cm³/mol.